The van der Waals surface area contributed by atoms with E-state index in [1.165, 1.54) is 6.08 Å². The number of allylic oxidation sites excluding steroid dienone is 1. The molecule has 0 amide bonds. The standard InChI is InChI=1S/C17H16O4/c18-10-11-21-15-8-6-14(7-9-15)17(20)12-16(19)13-4-2-1-3-5-13/h1-9,12,18,20H,10-11H2/b17-12-. The minimum atomic E-state index is -0.256. The number of rotatable bonds is 6. The zero-order valence-electron chi connectivity index (χ0n) is 11.4. The molecular formula is C17H16O4. The fourth-order valence-corrected chi connectivity index (χ4v) is 1.78. The highest BCUT2D eigenvalue weighted by Crippen LogP contribution is 2.17. The Balaban J connectivity index is 2.10. The van der Waals surface area contributed by atoms with Crippen LogP contribution in [0.1, 0.15) is 15.9 Å². The van der Waals surface area contributed by atoms with E-state index in [1.54, 1.807) is 48.5 Å². The largest absolute Gasteiger partial charge is 0.507 e. The van der Waals surface area contributed by atoms with Crippen LogP contribution < -0.4 is 4.74 Å². The van der Waals surface area contributed by atoms with E-state index in [9.17, 15) is 9.90 Å². The Morgan fingerprint density at radius 1 is 1.00 bits per heavy atom. The van der Waals surface area contributed by atoms with Gasteiger partial charge in [-0.1, -0.05) is 30.3 Å². The maximum atomic E-state index is 11.9. The van der Waals surface area contributed by atoms with Gasteiger partial charge < -0.3 is 14.9 Å². The Morgan fingerprint density at radius 3 is 2.29 bits per heavy atom. The average molecular weight is 284 g/mol. The molecule has 0 aromatic heterocycles. The van der Waals surface area contributed by atoms with E-state index in [4.69, 9.17) is 9.84 Å². The van der Waals surface area contributed by atoms with E-state index in [0.717, 1.165) is 0 Å². The van der Waals surface area contributed by atoms with Gasteiger partial charge in [0, 0.05) is 17.2 Å². The molecule has 2 aromatic rings. The number of ether oxygens (including phenoxy) is 1. The topological polar surface area (TPSA) is 66.8 Å². The second-order valence-electron chi connectivity index (χ2n) is 4.36. The Hall–Kier alpha value is -2.59. The summed E-state index contributed by atoms with van der Waals surface area (Å²) in [6.07, 6.45) is 1.19. The number of hydrogen-bond donors (Lipinski definition) is 2. The molecule has 0 saturated heterocycles. The van der Waals surface area contributed by atoms with Gasteiger partial charge in [0.15, 0.2) is 5.78 Å². The smallest absolute Gasteiger partial charge is 0.189 e. The summed E-state index contributed by atoms with van der Waals surface area (Å²) in [7, 11) is 0. The molecule has 0 aliphatic heterocycles. The van der Waals surface area contributed by atoms with Crippen LogP contribution in [-0.4, -0.2) is 29.2 Å². The minimum absolute atomic E-state index is 0.0571. The van der Waals surface area contributed by atoms with Crippen LogP contribution in [-0.2, 0) is 0 Å². The van der Waals surface area contributed by atoms with Crippen LogP contribution >= 0.6 is 0 Å². The van der Waals surface area contributed by atoms with Gasteiger partial charge in [-0.15, -0.1) is 0 Å². The zero-order chi connectivity index (χ0) is 15.1. The van der Waals surface area contributed by atoms with Crippen molar-refractivity contribution in [2.75, 3.05) is 13.2 Å². The third-order valence-electron chi connectivity index (χ3n) is 2.84. The van der Waals surface area contributed by atoms with Gasteiger partial charge in [-0.3, -0.25) is 4.79 Å². The number of ketones is 1. The first kappa shape index (κ1) is 14.8. The molecule has 4 nitrogen and oxygen atoms in total. The third kappa shape index (κ3) is 4.19. The van der Waals surface area contributed by atoms with Crippen molar-refractivity contribution < 1.29 is 19.7 Å². The first-order valence-corrected chi connectivity index (χ1v) is 6.55. The van der Waals surface area contributed by atoms with Gasteiger partial charge in [-0.05, 0) is 24.3 Å². The van der Waals surface area contributed by atoms with E-state index < -0.39 is 0 Å². The lowest BCUT2D eigenvalue weighted by Crippen LogP contribution is -2.01. The van der Waals surface area contributed by atoms with Gasteiger partial charge in [0.05, 0.1) is 6.61 Å². The maximum Gasteiger partial charge on any atom is 0.189 e. The summed E-state index contributed by atoms with van der Waals surface area (Å²) in [6, 6.07) is 15.4. The van der Waals surface area contributed by atoms with Crippen LogP contribution in [0.15, 0.2) is 60.7 Å². The summed E-state index contributed by atoms with van der Waals surface area (Å²) in [6.45, 7) is 0.159. The van der Waals surface area contributed by atoms with Crippen molar-refractivity contribution in [1.82, 2.24) is 0 Å². The highest BCUT2D eigenvalue weighted by atomic mass is 16.5. The first-order chi connectivity index (χ1) is 10.2. The van der Waals surface area contributed by atoms with Crippen LogP contribution in [0, 0.1) is 0 Å². The highest BCUT2D eigenvalue weighted by molar-refractivity contribution is 6.07. The molecule has 0 aliphatic rings. The van der Waals surface area contributed by atoms with Crippen LogP contribution in [0.25, 0.3) is 5.76 Å². The molecule has 0 saturated carbocycles. The molecule has 0 spiro atoms. The van der Waals surface area contributed by atoms with Gasteiger partial charge >= 0.3 is 0 Å². The van der Waals surface area contributed by atoms with Crippen molar-refractivity contribution in [1.29, 1.82) is 0 Å². The Morgan fingerprint density at radius 2 is 1.67 bits per heavy atom. The molecule has 21 heavy (non-hydrogen) atoms. The lowest BCUT2D eigenvalue weighted by Gasteiger charge is -2.05. The van der Waals surface area contributed by atoms with Gasteiger partial charge in [-0.25, -0.2) is 0 Å². The number of carbonyl (C=O) groups excluding carboxylic acids is 1. The summed E-state index contributed by atoms with van der Waals surface area (Å²) >= 11 is 0. The molecule has 0 aliphatic carbocycles. The molecule has 2 rings (SSSR count). The number of hydrogen-bond acceptors (Lipinski definition) is 4. The second kappa shape index (κ2) is 7.26. The van der Waals surface area contributed by atoms with E-state index in [1.807, 2.05) is 6.07 Å². The molecule has 0 fully saturated rings. The SMILES string of the molecule is O=C(/C=C(\O)c1ccc(OCCO)cc1)c1ccccc1. The Kier molecular flexibility index (Phi) is 5.12. The van der Waals surface area contributed by atoms with Crippen molar-refractivity contribution >= 4 is 11.5 Å². The summed E-state index contributed by atoms with van der Waals surface area (Å²) in [5.41, 5.74) is 1.04. The van der Waals surface area contributed by atoms with Crippen LogP contribution in [0.3, 0.4) is 0 Å². The fraction of sp³-hybridized carbons (Fsp3) is 0.118. The van der Waals surface area contributed by atoms with Gasteiger partial charge in [0.25, 0.3) is 0 Å². The lowest BCUT2D eigenvalue weighted by molar-refractivity contribution is 0.104. The van der Waals surface area contributed by atoms with Crippen molar-refractivity contribution in [3.8, 4) is 5.75 Å². The van der Waals surface area contributed by atoms with Gasteiger partial charge in [0.2, 0.25) is 0 Å². The molecule has 0 radical (unpaired) electrons. The fourth-order valence-electron chi connectivity index (χ4n) is 1.78. The van der Waals surface area contributed by atoms with E-state index in [2.05, 4.69) is 0 Å². The van der Waals surface area contributed by atoms with Crippen molar-refractivity contribution in [3.05, 3.63) is 71.8 Å². The molecule has 0 bridgehead atoms. The number of carbonyl (C=O) groups is 1. The number of aliphatic hydroxyl groups excluding tert-OH is 2. The van der Waals surface area contributed by atoms with E-state index in [-0.39, 0.29) is 24.8 Å². The second-order valence-corrected chi connectivity index (χ2v) is 4.36. The lowest BCUT2D eigenvalue weighted by atomic mass is 10.1. The van der Waals surface area contributed by atoms with Crippen LogP contribution in [0.4, 0.5) is 0 Å². The molecule has 2 N–H and O–H groups in total. The molecule has 108 valence electrons. The minimum Gasteiger partial charge on any atom is -0.507 e. The monoisotopic (exact) mass is 284 g/mol. The third-order valence-corrected chi connectivity index (χ3v) is 2.84. The number of benzene rings is 2. The predicted molar refractivity (Wildman–Crippen MR) is 80.4 cm³/mol. The molecular weight excluding hydrogens is 268 g/mol. The molecule has 2 aromatic carbocycles. The Labute approximate surface area is 122 Å². The molecule has 0 heterocycles. The van der Waals surface area contributed by atoms with Crippen molar-refractivity contribution in [2.45, 2.75) is 0 Å². The predicted octanol–water partition coefficient (Wildman–Crippen LogP) is 2.84. The maximum absolute atomic E-state index is 11.9. The first-order valence-electron chi connectivity index (χ1n) is 6.55. The summed E-state index contributed by atoms with van der Waals surface area (Å²) in [5.74, 6) is 0.237. The molecule has 4 heteroatoms. The summed E-state index contributed by atoms with van der Waals surface area (Å²) in [5, 5.41) is 18.6. The summed E-state index contributed by atoms with van der Waals surface area (Å²) in [4.78, 5) is 11.9. The summed E-state index contributed by atoms with van der Waals surface area (Å²) < 4.78 is 5.22. The highest BCUT2D eigenvalue weighted by Gasteiger charge is 2.06. The van der Waals surface area contributed by atoms with E-state index in [0.29, 0.717) is 16.9 Å². The normalized spacial score (nSPS) is 11.2. The van der Waals surface area contributed by atoms with Crippen molar-refractivity contribution in [3.63, 3.8) is 0 Å². The van der Waals surface area contributed by atoms with E-state index >= 15 is 0 Å². The van der Waals surface area contributed by atoms with Gasteiger partial charge in [-0.2, -0.15) is 0 Å². The molecule has 0 atom stereocenters. The number of aliphatic hydroxyl groups is 2. The van der Waals surface area contributed by atoms with Crippen molar-refractivity contribution in [2.24, 2.45) is 0 Å². The Bertz CT molecular complexity index is 615. The van der Waals surface area contributed by atoms with Gasteiger partial charge in [0.1, 0.15) is 18.1 Å². The quantitative estimate of drug-likeness (QED) is 0.486. The zero-order valence-corrected chi connectivity index (χ0v) is 11.4. The van der Waals surface area contributed by atoms with Crippen LogP contribution in [0.2, 0.25) is 0 Å². The molecule has 0 unspecified atom stereocenters. The van der Waals surface area contributed by atoms with Crippen LogP contribution in [0.5, 0.6) is 5.75 Å². The average Bonchev–Trinajstić information content (AvgIpc) is 2.54.